The zero-order valence-electron chi connectivity index (χ0n) is 23.4. The number of phenols is 1. The molecule has 0 aliphatic carbocycles. The van der Waals surface area contributed by atoms with Gasteiger partial charge in [0.05, 0.1) is 18.3 Å². The van der Waals surface area contributed by atoms with Crippen molar-refractivity contribution in [3.63, 3.8) is 0 Å². The molecule has 42 heavy (non-hydrogen) atoms. The number of hydrogen-bond acceptors (Lipinski definition) is 7. The number of carbonyl (C=O) groups is 1. The Morgan fingerprint density at radius 1 is 1.14 bits per heavy atom. The van der Waals surface area contributed by atoms with E-state index in [0.717, 1.165) is 22.0 Å². The summed E-state index contributed by atoms with van der Waals surface area (Å²) in [5.41, 5.74) is -1.03. The number of hydrogen-bond donors (Lipinski definition) is 2. The third kappa shape index (κ3) is 6.38. The first-order valence-electron chi connectivity index (χ1n) is 14.2. The number of nitrogens with zero attached hydrogens (tertiary/aromatic N) is 2. The van der Waals surface area contributed by atoms with Gasteiger partial charge in [0.25, 0.3) is 0 Å². The van der Waals surface area contributed by atoms with E-state index in [1.807, 2.05) is 19.1 Å². The van der Waals surface area contributed by atoms with Gasteiger partial charge in [-0.2, -0.15) is 17.5 Å². The summed E-state index contributed by atoms with van der Waals surface area (Å²) in [6.45, 7) is 3.86. The fourth-order valence-corrected chi connectivity index (χ4v) is 7.76. The SMILES string of the molecule is CCCO[C@@H]1C[C@H]2C(=O)NC3(CCOc4ccc(C(F)(F)F)cc4S(=O)(=O)N2C1)CCN(Cc1ccccc1O)CC3. The van der Waals surface area contributed by atoms with Gasteiger partial charge in [0.1, 0.15) is 22.4 Å². The number of rotatable bonds is 5. The quantitative estimate of drug-likeness (QED) is 0.528. The maximum absolute atomic E-state index is 13.9. The Bertz CT molecular complexity index is 1400. The second kappa shape index (κ2) is 12.0. The van der Waals surface area contributed by atoms with Gasteiger partial charge >= 0.3 is 6.18 Å². The van der Waals surface area contributed by atoms with Crippen molar-refractivity contribution in [2.75, 3.05) is 32.8 Å². The first kappa shape index (κ1) is 30.6. The first-order chi connectivity index (χ1) is 19.9. The van der Waals surface area contributed by atoms with Crippen LogP contribution in [0.15, 0.2) is 47.4 Å². The van der Waals surface area contributed by atoms with Crippen LogP contribution < -0.4 is 10.1 Å². The summed E-state index contributed by atoms with van der Waals surface area (Å²) < 4.78 is 81.3. The molecule has 9 nitrogen and oxygen atoms in total. The van der Waals surface area contributed by atoms with Crippen molar-refractivity contribution < 1.29 is 41.0 Å². The molecule has 0 radical (unpaired) electrons. The molecule has 2 aromatic rings. The van der Waals surface area contributed by atoms with Crippen molar-refractivity contribution in [1.29, 1.82) is 0 Å². The highest BCUT2D eigenvalue weighted by molar-refractivity contribution is 7.89. The minimum absolute atomic E-state index is 0.000536. The van der Waals surface area contributed by atoms with Crippen LogP contribution in [-0.4, -0.2) is 79.2 Å². The number of amides is 1. The average Bonchev–Trinajstić information content (AvgIpc) is 3.39. The molecule has 2 fully saturated rings. The van der Waals surface area contributed by atoms with Crippen LogP contribution in [0.3, 0.4) is 0 Å². The lowest BCUT2D eigenvalue weighted by Crippen LogP contribution is -2.59. The number of phenolic OH excluding ortho intramolecular Hbond substituents is 1. The zero-order valence-corrected chi connectivity index (χ0v) is 24.2. The van der Waals surface area contributed by atoms with Gasteiger partial charge in [-0.3, -0.25) is 9.69 Å². The zero-order chi connectivity index (χ0) is 30.1. The number of carbonyl (C=O) groups excluding carboxylic acids is 1. The molecule has 2 saturated heterocycles. The lowest BCUT2D eigenvalue weighted by atomic mass is 9.84. The summed E-state index contributed by atoms with van der Waals surface area (Å²) in [6.07, 6.45) is -3.13. The molecule has 3 aliphatic heterocycles. The van der Waals surface area contributed by atoms with Crippen LogP contribution in [0.25, 0.3) is 0 Å². The highest BCUT2D eigenvalue weighted by Crippen LogP contribution is 2.39. The normalized spacial score (nSPS) is 24.7. The molecule has 1 spiro atoms. The highest BCUT2D eigenvalue weighted by atomic mass is 32.2. The van der Waals surface area contributed by atoms with Gasteiger partial charge in [-0.1, -0.05) is 25.1 Å². The third-order valence-electron chi connectivity index (χ3n) is 8.36. The Morgan fingerprint density at radius 2 is 1.88 bits per heavy atom. The summed E-state index contributed by atoms with van der Waals surface area (Å²) in [6, 6.07) is 8.40. The number of likely N-dealkylation sites (tertiary alicyclic amines) is 1. The molecule has 5 rings (SSSR count). The molecule has 3 heterocycles. The third-order valence-corrected chi connectivity index (χ3v) is 10.3. The van der Waals surface area contributed by atoms with Crippen LogP contribution in [0, 0.1) is 0 Å². The molecule has 13 heteroatoms. The number of ether oxygens (including phenoxy) is 2. The van der Waals surface area contributed by atoms with Gasteiger partial charge in [0.15, 0.2) is 0 Å². The fraction of sp³-hybridized carbons (Fsp3) is 0.552. The number of halogens is 3. The predicted molar refractivity (Wildman–Crippen MR) is 147 cm³/mol. The van der Waals surface area contributed by atoms with Gasteiger partial charge in [0, 0.05) is 56.7 Å². The molecule has 0 aromatic heterocycles. The molecule has 2 aromatic carbocycles. The van der Waals surface area contributed by atoms with E-state index in [2.05, 4.69) is 10.2 Å². The van der Waals surface area contributed by atoms with Crippen molar-refractivity contribution in [2.45, 2.75) is 74.3 Å². The van der Waals surface area contributed by atoms with Crippen LogP contribution in [0.4, 0.5) is 13.2 Å². The Hall–Kier alpha value is -2.87. The van der Waals surface area contributed by atoms with Crippen LogP contribution in [0.1, 0.15) is 50.2 Å². The van der Waals surface area contributed by atoms with Crippen molar-refractivity contribution in [2.24, 2.45) is 0 Å². The van der Waals surface area contributed by atoms with E-state index in [-0.39, 0.29) is 31.1 Å². The van der Waals surface area contributed by atoms with E-state index in [1.165, 1.54) is 0 Å². The maximum Gasteiger partial charge on any atom is 0.416 e. The summed E-state index contributed by atoms with van der Waals surface area (Å²) in [5, 5.41) is 13.3. The Balaban J connectivity index is 1.45. The molecule has 230 valence electrons. The summed E-state index contributed by atoms with van der Waals surface area (Å²) in [4.78, 5) is 15.4. The number of alkyl halides is 3. The van der Waals surface area contributed by atoms with Crippen molar-refractivity contribution >= 4 is 15.9 Å². The number of benzene rings is 2. The molecule has 3 aliphatic rings. The Labute approximate surface area is 243 Å². The number of para-hydroxylation sites is 1. The second-order valence-electron chi connectivity index (χ2n) is 11.3. The molecule has 1 amide bonds. The molecular formula is C29H36F3N3O6S. The van der Waals surface area contributed by atoms with Crippen LogP contribution in [-0.2, 0) is 32.3 Å². The van der Waals surface area contributed by atoms with E-state index in [1.54, 1.807) is 12.1 Å². The van der Waals surface area contributed by atoms with Gasteiger partial charge in [-0.25, -0.2) is 8.42 Å². The number of piperidine rings is 1. The monoisotopic (exact) mass is 611 g/mol. The molecular weight excluding hydrogens is 575 g/mol. The molecule has 2 N–H and O–H groups in total. The Kier molecular flexibility index (Phi) is 8.75. The number of aromatic hydroxyl groups is 1. The van der Waals surface area contributed by atoms with E-state index < -0.39 is 50.3 Å². The molecule has 0 saturated carbocycles. The molecule has 0 unspecified atom stereocenters. The van der Waals surface area contributed by atoms with Gasteiger partial charge in [0.2, 0.25) is 15.9 Å². The van der Waals surface area contributed by atoms with Crippen molar-refractivity contribution in [1.82, 2.24) is 14.5 Å². The smallest absolute Gasteiger partial charge is 0.416 e. The average molecular weight is 612 g/mol. The largest absolute Gasteiger partial charge is 0.508 e. The van der Waals surface area contributed by atoms with Crippen LogP contribution in [0.5, 0.6) is 11.5 Å². The number of sulfonamides is 1. The molecule has 0 bridgehead atoms. The van der Waals surface area contributed by atoms with E-state index in [4.69, 9.17) is 9.47 Å². The van der Waals surface area contributed by atoms with Crippen molar-refractivity contribution in [3.8, 4) is 11.5 Å². The Morgan fingerprint density at radius 3 is 2.57 bits per heavy atom. The molecule has 2 atom stereocenters. The minimum atomic E-state index is -4.76. The summed E-state index contributed by atoms with van der Waals surface area (Å²) >= 11 is 0. The van der Waals surface area contributed by atoms with Crippen molar-refractivity contribution in [3.05, 3.63) is 53.6 Å². The van der Waals surface area contributed by atoms with E-state index in [9.17, 15) is 31.5 Å². The second-order valence-corrected chi connectivity index (χ2v) is 13.1. The number of fused-ring (bicyclic) bond motifs is 2. The van der Waals surface area contributed by atoms with Crippen LogP contribution >= 0.6 is 0 Å². The lowest BCUT2D eigenvalue weighted by molar-refractivity contribution is -0.137. The summed E-state index contributed by atoms with van der Waals surface area (Å²) in [7, 11) is -4.56. The highest BCUT2D eigenvalue weighted by Gasteiger charge is 2.48. The standard InChI is InChI=1S/C29H36F3N3O6S/c1-2-14-40-22-17-23-27(37)33-28(9-12-34(13-10-28)18-20-5-3-4-6-24(20)36)11-15-41-25-8-7-21(29(30,31)32)16-26(25)42(38,39)35(23)19-22/h3-8,16,22-23,36H,2,9-15,17-19H2,1H3,(H,33,37)/t22-,23+/m1/s1. The van der Waals surface area contributed by atoms with Crippen LogP contribution in [0.2, 0.25) is 0 Å². The first-order valence-corrected chi connectivity index (χ1v) is 15.6. The predicted octanol–water partition coefficient (Wildman–Crippen LogP) is 3.90. The lowest BCUT2D eigenvalue weighted by Gasteiger charge is -2.43. The fourth-order valence-electron chi connectivity index (χ4n) is 5.97. The van der Waals surface area contributed by atoms with Gasteiger partial charge in [-0.05, 0) is 43.5 Å². The topological polar surface area (TPSA) is 108 Å². The maximum atomic E-state index is 13.9. The van der Waals surface area contributed by atoms with E-state index in [0.29, 0.717) is 58.0 Å². The van der Waals surface area contributed by atoms with Gasteiger partial charge < -0.3 is 19.9 Å². The van der Waals surface area contributed by atoms with E-state index >= 15 is 0 Å². The minimum Gasteiger partial charge on any atom is -0.508 e. The van der Waals surface area contributed by atoms with Gasteiger partial charge in [-0.15, -0.1) is 0 Å². The number of nitrogens with one attached hydrogen (secondary N) is 1. The summed E-state index contributed by atoms with van der Waals surface area (Å²) in [5.74, 6) is -0.462.